The Kier molecular flexibility index (Phi) is 7.03. The second-order valence-corrected chi connectivity index (χ2v) is 6.92. The lowest BCUT2D eigenvalue weighted by Gasteiger charge is -2.13. The van der Waals surface area contributed by atoms with Crippen LogP contribution in [-0.4, -0.2) is 15.0 Å². The summed E-state index contributed by atoms with van der Waals surface area (Å²) in [5.74, 6) is -0.0316. The molecule has 0 fully saturated rings. The first-order valence-electron chi connectivity index (χ1n) is 6.80. The molecule has 120 valence electrons. The predicted octanol–water partition coefficient (Wildman–Crippen LogP) is 2.54. The average molecular weight is 341 g/mol. The molecule has 0 aliphatic rings. The number of sulfonamides is 1. The van der Waals surface area contributed by atoms with E-state index in [1.54, 1.807) is 0 Å². The topological polar surface area (TPSA) is 72.2 Å². The van der Waals surface area contributed by atoms with Gasteiger partial charge in [-0.05, 0) is 18.1 Å². The quantitative estimate of drug-likeness (QED) is 0.848. The molecule has 3 N–H and O–H groups in total. The SMILES string of the molecule is Cc1cccc(CS(=O)(=O)NCC(N)c2ccccc2)c1.Cl. The van der Waals surface area contributed by atoms with E-state index in [-0.39, 0.29) is 30.7 Å². The molecule has 2 rings (SSSR count). The van der Waals surface area contributed by atoms with Gasteiger partial charge in [-0.3, -0.25) is 0 Å². The van der Waals surface area contributed by atoms with E-state index in [0.29, 0.717) is 0 Å². The van der Waals surface area contributed by atoms with Crippen LogP contribution in [0.5, 0.6) is 0 Å². The lowest BCUT2D eigenvalue weighted by molar-refractivity contribution is 0.571. The van der Waals surface area contributed by atoms with Crippen LogP contribution in [0, 0.1) is 6.92 Å². The van der Waals surface area contributed by atoms with E-state index in [1.807, 2.05) is 61.5 Å². The van der Waals surface area contributed by atoms with Gasteiger partial charge in [0.15, 0.2) is 0 Å². The Balaban J connectivity index is 0.00000242. The summed E-state index contributed by atoms with van der Waals surface area (Å²) in [4.78, 5) is 0. The highest BCUT2D eigenvalue weighted by atomic mass is 35.5. The summed E-state index contributed by atoms with van der Waals surface area (Å²) >= 11 is 0. The zero-order valence-corrected chi connectivity index (χ0v) is 14.0. The van der Waals surface area contributed by atoms with E-state index in [2.05, 4.69) is 4.72 Å². The molecule has 4 nitrogen and oxygen atoms in total. The van der Waals surface area contributed by atoms with Crippen LogP contribution in [0.2, 0.25) is 0 Å². The lowest BCUT2D eigenvalue weighted by Crippen LogP contribution is -2.32. The number of nitrogens with one attached hydrogen (secondary N) is 1. The summed E-state index contributed by atoms with van der Waals surface area (Å²) in [5.41, 5.74) is 8.72. The van der Waals surface area contributed by atoms with Gasteiger partial charge >= 0.3 is 0 Å². The first kappa shape index (κ1) is 18.6. The molecule has 0 radical (unpaired) electrons. The van der Waals surface area contributed by atoms with Gasteiger partial charge in [0.25, 0.3) is 0 Å². The highest BCUT2D eigenvalue weighted by Gasteiger charge is 2.14. The van der Waals surface area contributed by atoms with Crippen molar-refractivity contribution in [1.82, 2.24) is 4.72 Å². The Morgan fingerprint density at radius 1 is 1.09 bits per heavy atom. The molecule has 0 spiro atoms. The minimum Gasteiger partial charge on any atom is -0.323 e. The fraction of sp³-hybridized carbons (Fsp3) is 0.250. The molecule has 0 saturated heterocycles. The highest BCUT2D eigenvalue weighted by Crippen LogP contribution is 2.10. The minimum atomic E-state index is -3.38. The standard InChI is InChI=1S/C16H20N2O2S.ClH/c1-13-6-5-7-14(10-13)12-21(19,20)18-11-16(17)15-8-3-2-4-9-15;/h2-10,16,18H,11-12,17H2,1H3;1H. The molecule has 0 amide bonds. The third kappa shape index (κ3) is 5.77. The zero-order valence-electron chi connectivity index (χ0n) is 12.4. The van der Waals surface area contributed by atoms with Crippen LogP contribution in [0.3, 0.4) is 0 Å². The van der Waals surface area contributed by atoms with Gasteiger partial charge in [0.05, 0.1) is 5.75 Å². The van der Waals surface area contributed by atoms with Crippen molar-refractivity contribution in [2.75, 3.05) is 6.54 Å². The lowest BCUT2D eigenvalue weighted by atomic mass is 10.1. The third-order valence-corrected chi connectivity index (χ3v) is 4.51. The van der Waals surface area contributed by atoms with Gasteiger partial charge in [-0.15, -0.1) is 12.4 Å². The van der Waals surface area contributed by atoms with Gasteiger partial charge in [0.2, 0.25) is 10.0 Å². The number of aryl methyl sites for hydroxylation is 1. The summed E-state index contributed by atoms with van der Waals surface area (Å²) in [6.07, 6.45) is 0. The minimum absolute atomic E-state index is 0. The van der Waals surface area contributed by atoms with Crippen molar-refractivity contribution in [2.45, 2.75) is 18.7 Å². The number of benzene rings is 2. The largest absolute Gasteiger partial charge is 0.323 e. The fourth-order valence-corrected chi connectivity index (χ4v) is 3.26. The molecule has 0 aromatic heterocycles. The predicted molar refractivity (Wildman–Crippen MR) is 92.4 cm³/mol. The van der Waals surface area contributed by atoms with Crippen molar-refractivity contribution in [2.24, 2.45) is 5.73 Å². The number of halogens is 1. The molecule has 6 heteroatoms. The third-order valence-electron chi connectivity index (χ3n) is 3.19. The Morgan fingerprint density at radius 2 is 1.77 bits per heavy atom. The molecule has 0 saturated carbocycles. The van der Waals surface area contributed by atoms with Crippen LogP contribution < -0.4 is 10.5 Å². The van der Waals surface area contributed by atoms with Crippen molar-refractivity contribution in [3.05, 3.63) is 71.3 Å². The van der Waals surface area contributed by atoms with E-state index in [9.17, 15) is 8.42 Å². The van der Waals surface area contributed by atoms with E-state index in [4.69, 9.17) is 5.73 Å². The second kappa shape index (κ2) is 8.29. The van der Waals surface area contributed by atoms with Gasteiger partial charge in [-0.25, -0.2) is 13.1 Å². The van der Waals surface area contributed by atoms with Crippen molar-refractivity contribution in [3.8, 4) is 0 Å². The molecule has 2 aromatic rings. The number of rotatable bonds is 6. The molecule has 1 atom stereocenters. The van der Waals surface area contributed by atoms with E-state index >= 15 is 0 Å². The monoisotopic (exact) mass is 340 g/mol. The van der Waals surface area contributed by atoms with Crippen LogP contribution >= 0.6 is 12.4 Å². The summed E-state index contributed by atoms with van der Waals surface area (Å²) in [7, 11) is -3.38. The van der Waals surface area contributed by atoms with Crippen LogP contribution in [0.25, 0.3) is 0 Å². The highest BCUT2D eigenvalue weighted by molar-refractivity contribution is 7.88. The van der Waals surface area contributed by atoms with Crippen molar-refractivity contribution in [1.29, 1.82) is 0 Å². The fourth-order valence-electron chi connectivity index (χ4n) is 2.11. The molecule has 0 aliphatic carbocycles. The second-order valence-electron chi connectivity index (χ2n) is 5.11. The van der Waals surface area contributed by atoms with Crippen molar-refractivity contribution in [3.63, 3.8) is 0 Å². The van der Waals surface area contributed by atoms with Crippen molar-refractivity contribution < 1.29 is 8.42 Å². The van der Waals surface area contributed by atoms with E-state index in [1.165, 1.54) is 0 Å². The molecule has 22 heavy (non-hydrogen) atoms. The average Bonchev–Trinajstić information content (AvgIpc) is 2.45. The maximum Gasteiger partial charge on any atom is 0.215 e. The zero-order chi connectivity index (χ0) is 15.3. The molecular formula is C16H21ClN2O2S. The summed E-state index contributed by atoms with van der Waals surface area (Å²) in [6, 6.07) is 16.6. The van der Waals surface area contributed by atoms with Crippen LogP contribution in [0.15, 0.2) is 54.6 Å². The Hall–Kier alpha value is -1.40. The molecule has 0 bridgehead atoms. The number of nitrogens with two attached hydrogens (primary N) is 1. The molecule has 0 heterocycles. The summed E-state index contributed by atoms with van der Waals surface area (Å²) in [6.45, 7) is 2.13. The van der Waals surface area contributed by atoms with Gasteiger partial charge in [-0.2, -0.15) is 0 Å². The normalized spacial score (nSPS) is 12.5. The van der Waals surface area contributed by atoms with Gasteiger partial charge in [-0.1, -0.05) is 60.2 Å². The number of hydrogen-bond acceptors (Lipinski definition) is 3. The van der Waals surface area contributed by atoms with Gasteiger partial charge < -0.3 is 5.73 Å². The molecule has 2 aromatic carbocycles. The molecule has 1 unspecified atom stereocenters. The maximum absolute atomic E-state index is 12.1. The van der Waals surface area contributed by atoms with E-state index in [0.717, 1.165) is 16.7 Å². The smallest absolute Gasteiger partial charge is 0.215 e. The van der Waals surface area contributed by atoms with Crippen LogP contribution in [-0.2, 0) is 15.8 Å². The summed E-state index contributed by atoms with van der Waals surface area (Å²) < 4.78 is 26.7. The van der Waals surface area contributed by atoms with Gasteiger partial charge in [0, 0.05) is 12.6 Å². The van der Waals surface area contributed by atoms with Gasteiger partial charge in [0.1, 0.15) is 0 Å². The first-order valence-corrected chi connectivity index (χ1v) is 8.45. The first-order chi connectivity index (χ1) is 9.96. The maximum atomic E-state index is 12.1. The Labute approximate surface area is 138 Å². The van der Waals surface area contributed by atoms with Crippen LogP contribution in [0.4, 0.5) is 0 Å². The molecule has 0 aliphatic heterocycles. The number of hydrogen-bond donors (Lipinski definition) is 2. The summed E-state index contributed by atoms with van der Waals surface area (Å²) in [5, 5.41) is 0. The van der Waals surface area contributed by atoms with Crippen molar-refractivity contribution >= 4 is 22.4 Å². The molecular weight excluding hydrogens is 320 g/mol. The van der Waals surface area contributed by atoms with E-state index < -0.39 is 10.0 Å². The Bertz CT molecular complexity index is 690. The van der Waals surface area contributed by atoms with Crippen LogP contribution in [0.1, 0.15) is 22.7 Å². The Morgan fingerprint density at radius 3 is 2.41 bits per heavy atom.